The minimum absolute atomic E-state index is 0.0547. The van der Waals surface area contributed by atoms with E-state index in [1.807, 2.05) is 0 Å². The summed E-state index contributed by atoms with van der Waals surface area (Å²) in [6.07, 6.45) is 1.40. The molecule has 2 N–H and O–H groups in total. The number of para-hydroxylation sites is 1. The number of hydrogen-bond donors (Lipinski definition) is 2. The number of hydrogen-bond acceptors (Lipinski definition) is 4. The van der Waals surface area contributed by atoms with Crippen LogP contribution in [0.4, 0.5) is 10.1 Å². The van der Waals surface area contributed by atoms with Crippen molar-refractivity contribution in [2.24, 2.45) is 11.0 Å². The smallest absolute Gasteiger partial charge is 0.245 e. The number of anilines is 1. The average molecular weight is 341 g/mol. The highest BCUT2D eigenvalue weighted by Crippen LogP contribution is 2.25. The Morgan fingerprint density at radius 1 is 1.24 bits per heavy atom. The predicted molar refractivity (Wildman–Crippen MR) is 90.7 cm³/mol. The number of hydrazone groups is 1. The van der Waals surface area contributed by atoms with Gasteiger partial charge < -0.3 is 10.0 Å². The van der Waals surface area contributed by atoms with E-state index in [0.29, 0.717) is 11.3 Å². The number of phenols is 1. The Morgan fingerprint density at radius 3 is 2.68 bits per heavy atom. The molecule has 0 spiro atoms. The van der Waals surface area contributed by atoms with E-state index in [2.05, 4.69) is 10.5 Å². The van der Waals surface area contributed by atoms with Crippen LogP contribution in [0.1, 0.15) is 12.0 Å². The molecule has 1 atom stereocenters. The van der Waals surface area contributed by atoms with Crippen LogP contribution >= 0.6 is 0 Å². The number of aromatic hydroxyl groups is 1. The molecule has 7 heteroatoms. The molecule has 2 aromatic rings. The number of rotatable bonds is 4. The number of carbonyl (C=O) groups is 2. The van der Waals surface area contributed by atoms with Gasteiger partial charge in [-0.15, -0.1) is 0 Å². The molecule has 0 aliphatic carbocycles. The molecular formula is C18H16FN3O3. The van der Waals surface area contributed by atoms with E-state index in [-0.39, 0.29) is 36.3 Å². The van der Waals surface area contributed by atoms with Gasteiger partial charge in [0.15, 0.2) is 0 Å². The van der Waals surface area contributed by atoms with Gasteiger partial charge in [0, 0.05) is 24.2 Å². The van der Waals surface area contributed by atoms with Crippen LogP contribution in [0.5, 0.6) is 5.75 Å². The molecule has 3 rings (SSSR count). The lowest BCUT2D eigenvalue weighted by Crippen LogP contribution is -2.30. The summed E-state index contributed by atoms with van der Waals surface area (Å²) in [6.45, 7) is 0.211. The number of amides is 2. The molecule has 1 heterocycles. The van der Waals surface area contributed by atoms with Crippen LogP contribution in [0.2, 0.25) is 0 Å². The standard InChI is InChI=1S/C18H16FN3O3/c19-14-5-7-15(8-6-14)22-11-13(9-17(22)24)18(25)21-20-10-12-3-1-2-4-16(12)23/h1-8,10,13,23H,9,11H2,(H,21,25)/b20-10+/t13-/m1/s1. The zero-order valence-electron chi connectivity index (χ0n) is 13.2. The lowest BCUT2D eigenvalue weighted by atomic mass is 10.1. The Hall–Kier alpha value is -3.22. The van der Waals surface area contributed by atoms with E-state index in [0.717, 1.165) is 0 Å². The highest BCUT2D eigenvalue weighted by atomic mass is 19.1. The molecule has 128 valence electrons. The second-order valence-electron chi connectivity index (χ2n) is 5.67. The van der Waals surface area contributed by atoms with Crippen LogP contribution in [0.15, 0.2) is 53.6 Å². The molecular weight excluding hydrogens is 325 g/mol. The SMILES string of the molecule is O=C(N/N=C/c1ccccc1O)[C@@H]1CC(=O)N(c2ccc(F)cc2)C1. The number of benzene rings is 2. The van der Waals surface area contributed by atoms with Crippen LogP contribution in [-0.2, 0) is 9.59 Å². The molecule has 1 fully saturated rings. The van der Waals surface area contributed by atoms with Crippen LogP contribution in [0, 0.1) is 11.7 Å². The third-order valence-corrected chi connectivity index (χ3v) is 3.95. The van der Waals surface area contributed by atoms with Crippen molar-refractivity contribution in [2.75, 3.05) is 11.4 Å². The Balaban J connectivity index is 1.61. The van der Waals surface area contributed by atoms with Gasteiger partial charge in [0.05, 0.1) is 12.1 Å². The summed E-state index contributed by atoms with van der Waals surface area (Å²) < 4.78 is 13.0. The normalized spacial score (nSPS) is 17.2. The molecule has 0 saturated carbocycles. The summed E-state index contributed by atoms with van der Waals surface area (Å²) in [6, 6.07) is 12.1. The largest absolute Gasteiger partial charge is 0.507 e. The van der Waals surface area contributed by atoms with E-state index < -0.39 is 5.92 Å². The Bertz CT molecular complexity index is 821. The van der Waals surface area contributed by atoms with Gasteiger partial charge in [0.2, 0.25) is 11.8 Å². The van der Waals surface area contributed by atoms with Crippen molar-refractivity contribution in [3.8, 4) is 5.75 Å². The molecule has 1 saturated heterocycles. The van der Waals surface area contributed by atoms with Crippen molar-refractivity contribution >= 4 is 23.7 Å². The number of carbonyl (C=O) groups excluding carboxylic acids is 2. The van der Waals surface area contributed by atoms with E-state index in [9.17, 15) is 19.1 Å². The molecule has 6 nitrogen and oxygen atoms in total. The van der Waals surface area contributed by atoms with Gasteiger partial charge in [0.25, 0.3) is 0 Å². The fraction of sp³-hybridized carbons (Fsp3) is 0.167. The summed E-state index contributed by atoms with van der Waals surface area (Å²) in [5, 5.41) is 13.4. The molecule has 2 aromatic carbocycles. The number of nitrogens with zero attached hydrogens (tertiary/aromatic N) is 2. The highest BCUT2D eigenvalue weighted by molar-refractivity contribution is 6.00. The van der Waals surface area contributed by atoms with Gasteiger partial charge in [0.1, 0.15) is 11.6 Å². The van der Waals surface area contributed by atoms with Crippen LogP contribution in [-0.4, -0.2) is 29.7 Å². The molecule has 0 unspecified atom stereocenters. The van der Waals surface area contributed by atoms with Gasteiger partial charge in [-0.2, -0.15) is 5.10 Å². The van der Waals surface area contributed by atoms with Crippen molar-refractivity contribution in [1.82, 2.24) is 5.43 Å². The van der Waals surface area contributed by atoms with Gasteiger partial charge in [-0.1, -0.05) is 12.1 Å². The van der Waals surface area contributed by atoms with Gasteiger partial charge in [-0.05, 0) is 36.4 Å². The van der Waals surface area contributed by atoms with Gasteiger partial charge >= 0.3 is 0 Å². The van der Waals surface area contributed by atoms with E-state index in [1.165, 1.54) is 41.4 Å². The van der Waals surface area contributed by atoms with Crippen molar-refractivity contribution in [2.45, 2.75) is 6.42 Å². The van der Waals surface area contributed by atoms with E-state index in [4.69, 9.17) is 0 Å². The average Bonchev–Trinajstić information content (AvgIpc) is 2.99. The van der Waals surface area contributed by atoms with Crippen molar-refractivity contribution in [3.05, 3.63) is 59.9 Å². The Labute approximate surface area is 143 Å². The zero-order chi connectivity index (χ0) is 17.8. The van der Waals surface area contributed by atoms with Crippen LogP contribution < -0.4 is 10.3 Å². The zero-order valence-corrected chi connectivity index (χ0v) is 13.2. The third kappa shape index (κ3) is 3.82. The second kappa shape index (κ2) is 7.12. The predicted octanol–water partition coefficient (Wildman–Crippen LogP) is 2.03. The van der Waals surface area contributed by atoms with Crippen molar-refractivity contribution in [3.63, 3.8) is 0 Å². The van der Waals surface area contributed by atoms with Crippen molar-refractivity contribution in [1.29, 1.82) is 0 Å². The first-order chi connectivity index (χ1) is 12.0. The third-order valence-electron chi connectivity index (χ3n) is 3.95. The fourth-order valence-electron chi connectivity index (χ4n) is 2.61. The first kappa shape index (κ1) is 16.6. The minimum Gasteiger partial charge on any atom is -0.507 e. The summed E-state index contributed by atoms with van der Waals surface area (Å²) in [4.78, 5) is 25.7. The minimum atomic E-state index is -0.543. The summed E-state index contributed by atoms with van der Waals surface area (Å²) in [5.41, 5.74) is 3.41. The molecule has 0 aromatic heterocycles. The fourth-order valence-corrected chi connectivity index (χ4v) is 2.61. The molecule has 1 aliphatic rings. The van der Waals surface area contributed by atoms with Gasteiger partial charge in [-0.3, -0.25) is 9.59 Å². The highest BCUT2D eigenvalue weighted by Gasteiger charge is 2.35. The summed E-state index contributed by atoms with van der Waals surface area (Å²) in [5.74, 6) is -1.46. The molecule has 0 radical (unpaired) electrons. The molecule has 0 bridgehead atoms. The second-order valence-corrected chi connectivity index (χ2v) is 5.67. The summed E-state index contributed by atoms with van der Waals surface area (Å²) in [7, 11) is 0. The Kier molecular flexibility index (Phi) is 4.74. The number of halogens is 1. The van der Waals surface area contributed by atoms with Crippen LogP contribution in [0.25, 0.3) is 0 Å². The lowest BCUT2D eigenvalue weighted by molar-refractivity contribution is -0.126. The first-order valence-electron chi connectivity index (χ1n) is 7.71. The van der Waals surface area contributed by atoms with Gasteiger partial charge in [-0.25, -0.2) is 9.82 Å². The molecule has 2 amide bonds. The summed E-state index contributed by atoms with van der Waals surface area (Å²) >= 11 is 0. The Morgan fingerprint density at radius 2 is 1.96 bits per heavy atom. The topological polar surface area (TPSA) is 82.0 Å². The van der Waals surface area contributed by atoms with E-state index in [1.54, 1.807) is 18.2 Å². The lowest BCUT2D eigenvalue weighted by Gasteiger charge is -2.16. The maximum atomic E-state index is 13.0. The van der Waals surface area contributed by atoms with Crippen molar-refractivity contribution < 1.29 is 19.1 Å². The molecule has 1 aliphatic heterocycles. The van der Waals surface area contributed by atoms with E-state index >= 15 is 0 Å². The number of phenolic OH excluding ortho intramolecular Hbond substituents is 1. The monoisotopic (exact) mass is 341 g/mol. The number of nitrogens with one attached hydrogen (secondary N) is 1. The maximum absolute atomic E-state index is 13.0. The maximum Gasteiger partial charge on any atom is 0.245 e. The van der Waals surface area contributed by atoms with Crippen LogP contribution in [0.3, 0.4) is 0 Å². The molecule has 25 heavy (non-hydrogen) atoms. The first-order valence-corrected chi connectivity index (χ1v) is 7.71. The quantitative estimate of drug-likeness (QED) is 0.659.